The maximum Gasteiger partial charge on any atom is 0.341 e. The molecule has 3 aromatic carbocycles. The Bertz CT molecular complexity index is 1520. The number of benzene rings is 3. The largest absolute Gasteiger partial charge is 0.489 e. The Hall–Kier alpha value is -4.41. The summed E-state index contributed by atoms with van der Waals surface area (Å²) in [7, 11) is 0. The van der Waals surface area contributed by atoms with E-state index in [2.05, 4.69) is 23.5 Å². The molecule has 0 unspecified atom stereocenters. The van der Waals surface area contributed by atoms with Crippen molar-refractivity contribution < 1.29 is 19.1 Å². The molecule has 186 valence electrons. The van der Waals surface area contributed by atoms with E-state index < -0.39 is 11.9 Å². The lowest BCUT2D eigenvalue weighted by atomic mass is 10.1. The third kappa shape index (κ3) is 5.88. The highest BCUT2D eigenvalue weighted by Gasteiger charge is 2.23. The van der Waals surface area contributed by atoms with E-state index >= 15 is 0 Å². The number of amides is 1. The number of rotatable bonds is 8. The van der Waals surface area contributed by atoms with Gasteiger partial charge in [0.25, 0.3) is 5.91 Å². The number of nitrogens with zero attached hydrogens (tertiary/aromatic N) is 1. The maximum atomic E-state index is 12.9. The molecule has 0 fully saturated rings. The number of carbonyl (C=O) groups is 2. The Morgan fingerprint density at radius 3 is 2.49 bits per heavy atom. The highest BCUT2D eigenvalue weighted by molar-refractivity contribution is 7.16. The van der Waals surface area contributed by atoms with Gasteiger partial charge in [0.1, 0.15) is 29.0 Å². The first-order valence-electron chi connectivity index (χ1n) is 11.8. The van der Waals surface area contributed by atoms with Crippen LogP contribution in [-0.2, 0) is 16.1 Å². The number of ether oxygens (including phenoxy) is 2. The smallest absolute Gasteiger partial charge is 0.341 e. The molecular weight excluding hydrogens is 484 g/mol. The van der Waals surface area contributed by atoms with Gasteiger partial charge in [0.05, 0.1) is 12.2 Å². The molecule has 1 amide bonds. The highest BCUT2D eigenvalue weighted by Crippen LogP contribution is 2.33. The molecule has 37 heavy (non-hydrogen) atoms. The molecule has 0 saturated carbocycles. The third-order valence-corrected chi connectivity index (χ3v) is 7.05. The number of aryl methyl sites for hydroxylation is 1. The Labute approximate surface area is 219 Å². The first-order chi connectivity index (χ1) is 17.9. The molecule has 0 atom stereocenters. The van der Waals surface area contributed by atoms with Crippen molar-refractivity contribution in [1.29, 1.82) is 5.26 Å². The van der Waals surface area contributed by atoms with Gasteiger partial charge in [-0.2, -0.15) is 5.26 Å². The van der Waals surface area contributed by atoms with Crippen LogP contribution in [0.15, 0.2) is 72.3 Å². The number of thiophene rings is 1. The molecule has 0 aliphatic carbocycles. The van der Waals surface area contributed by atoms with E-state index in [1.807, 2.05) is 37.3 Å². The van der Waals surface area contributed by atoms with Gasteiger partial charge in [-0.1, -0.05) is 54.6 Å². The van der Waals surface area contributed by atoms with E-state index in [0.29, 0.717) is 28.5 Å². The Kier molecular flexibility index (Phi) is 8.02. The molecule has 4 rings (SSSR count). The molecule has 0 saturated heterocycles. The SMILES string of the molecule is CCOC(=O)c1c(NC(=O)/C(C#N)=C/c2ccc(OCc3cccc4ccccc34)cc2)sc(C)c1C. The lowest BCUT2D eigenvalue weighted by molar-refractivity contribution is -0.112. The first-order valence-corrected chi connectivity index (χ1v) is 12.6. The molecule has 1 N–H and O–H groups in total. The zero-order valence-electron chi connectivity index (χ0n) is 20.8. The van der Waals surface area contributed by atoms with Crippen molar-refractivity contribution in [2.45, 2.75) is 27.4 Å². The molecule has 1 heterocycles. The zero-order valence-corrected chi connectivity index (χ0v) is 21.6. The summed E-state index contributed by atoms with van der Waals surface area (Å²) in [6.07, 6.45) is 1.50. The Morgan fingerprint density at radius 1 is 1.03 bits per heavy atom. The van der Waals surface area contributed by atoms with Gasteiger partial charge in [0, 0.05) is 4.88 Å². The molecule has 0 bridgehead atoms. The van der Waals surface area contributed by atoms with Gasteiger partial charge in [-0.3, -0.25) is 4.79 Å². The van der Waals surface area contributed by atoms with Crippen molar-refractivity contribution in [2.24, 2.45) is 0 Å². The van der Waals surface area contributed by atoms with Crippen LogP contribution in [0.2, 0.25) is 0 Å². The standard InChI is InChI=1S/C30H26N2O4S/c1-4-35-30(34)27-19(2)20(3)37-29(27)32-28(33)24(17-31)16-21-12-14-25(15-13-21)36-18-23-10-7-9-22-8-5-6-11-26(22)23/h5-16H,4,18H2,1-3H3,(H,32,33)/b24-16+. The van der Waals surface area contributed by atoms with Crippen LogP contribution in [0, 0.1) is 25.2 Å². The number of hydrogen-bond acceptors (Lipinski definition) is 6. The summed E-state index contributed by atoms with van der Waals surface area (Å²) in [6.45, 7) is 6.04. The van der Waals surface area contributed by atoms with Crippen molar-refractivity contribution in [3.63, 3.8) is 0 Å². The molecule has 0 aliphatic heterocycles. The quantitative estimate of drug-likeness (QED) is 0.160. The topological polar surface area (TPSA) is 88.4 Å². The van der Waals surface area contributed by atoms with Gasteiger partial charge in [0.15, 0.2) is 0 Å². The van der Waals surface area contributed by atoms with Crippen molar-refractivity contribution >= 4 is 45.1 Å². The fourth-order valence-electron chi connectivity index (χ4n) is 3.89. The van der Waals surface area contributed by atoms with Crippen LogP contribution < -0.4 is 10.1 Å². The van der Waals surface area contributed by atoms with E-state index in [4.69, 9.17) is 9.47 Å². The Morgan fingerprint density at radius 2 is 1.76 bits per heavy atom. The van der Waals surface area contributed by atoms with Crippen LogP contribution in [-0.4, -0.2) is 18.5 Å². The van der Waals surface area contributed by atoms with Gasteiger partial charge in [-0.15, -0.1) is 11.3 Å². The van der Waals surface area contributed by atoms with Gasteiger partial charge in [0.2, 0.25) is 0 Å². The monoisotopic (exact) mass is 510 g/mol. The highest BCUT2D eigenvalue weighted by atomic mass is 32.1. The molecule has 6 nitrogen and oxygen atoms in total. The van der Waals surface area contributed by atoms with Crippen LogP contribution in [0.4, 0.5) is 5.00 Å². The average molecular weight is 511 g/mol. The normalized spacial score (nSPS) is 11.1. The van der Waals surface area contributed by atoms with Crippen molar-refractivity contribution in [2.75, 3.05) is 11.9 Å². The van der Waals surface area contributed by atoms with Gasteiger partial charge in [-0.05, 0) is 66.4 Å². The summed E-state index contributed by atoms with van der Waals surface area (Å²) in [5, 5.41) is 15.0. The molecule has 4 aromatic rings. The summed E-state index contributed by atoms with van der Waals surface area (Å²) in [6, 6.07) is 23.4. The number of esters is 1. The summed E-state index contributed by atoms with van der Waals surface area (Å²) < 4.78 is 11.1. The van der Waals surface area contributed by atoms with Crippen LogP contribution in [0.1, 0.15) is 38.8 Å². The minimum atomic E-state index is -0.592. The third-order valence-electron chi connectivity index (χ3n) is 5.92. The maximum absolute atomic E-state index is 12.9. The predicted molar refractivity (Wildman–Crippen MR) is 147 cm³/mol. The van der Waals surface area contributed by atoms with Gasteiger partial charge >= 0.3 is 5.97 Å². The number of anilines is 1. The van der Waals surface area contributed by atoms with Crippen molar-refractivity contribution in [3.8, 4) is 11.8 Å². The van der Waals surface area contributed by atoms with E-state index in [-0.39, 0.29) is 12.2 Å². The van der Waals surface area contributed by atoms with E-state index in [1.165, 1.54) is 17.4 Å². The number of nitrogens with one attached hydrogen (secondary N) is 1. The number of carbonyl (C=O) groups excluding carboxylic acids is 2. The van der Waals surface area contributed by atoms with Crippen LogP contribution in [0.25, 0.3) is 16.8 Å². The first kappa shape index (κ1) is 25.7. The van der Waals surface area contributed by atoms with E-state index in [1.54, 1.807) is 38.1 Å². The number of hydrogen-bond donors (Lipinski definition) is 1. The van der Waals surface area contributed by atoms with Crippen LogP contribution in [0.5, 0.6) is 5.75 Å². The minimum Gasteiger partial charge on any atom is -0.489 e. The molecule has 1 aromatic heterocycles. The molecule has 0 radical (unpaired) electrons. The second kappa shape index (κ2) is 11.5. The second-order valence-electron chi connectivity index (χ2n) is 8.33. The fraction of sp³-hybridized carbons (Fsp3) is 0.167. The molecule has 7 heteroatoms. The van der Waals surface area contributed by atoms with E-state index in [9.17, 15) is 14.9 Å². The lowest BCUT2D eigenvalue weighted by Gasteiger charge is -2.09. The van der Waals surface area contributed by atoms with E-state index in [0.717, 1.165) is 26.8 Å². The minimum absolute atomic E-state index is 0.0806. The summed E-state index contributed by atoms with van der Waals surface area (Å²) in [4.78, 5) is 26.1. The summed E-state index contributed by atoms with van der Waals surface area (Å²) in [5.74, 6) is -0.413. The van der Waals surface area contributed by atoms with Crippen molar-refractivity contribution in [1.82, 2.24) is 0 Å². The molecular formula is C30H26N2O4S. The zero-order chi connectivity index (χ0) is 26.4. The average Bonchev–Trinajstić information content (AvgIpc) is 3.19. The fourth-order valence-corrected chi connectivity index (χ4v) is 4.93. The van der Waals surface area contributed by atoms with Crippen molar-refractivity contribution in [3.05, 3.63) is 99.4 Å². The molecule has 0 aliphatic rings. The summed E-state index contributed by atoms with van der Waals surface area (Å²) in [5.41, 5.74) is 2.76. The number of nitriles is 1. The molecule has 0 spiro atoms. The lowest BCUT2D eigenvalue weighted by Crippen LogP contribution is -2.16. The Balaban J connectivity index is 1.46. The second-order valence-corrected chi connectivity index (χ2v) is 9.55. The van der Waals surface area contributed by atoms with Crippen LogP contribution >= 0.6 is 11.3 Å². The predicted octanol–water partition coefficient (Wildman–Crippen LogP) is 6.82. The van der Waals surface area contributed by atoms with Crippen LogP contribution in [0.3, 0.4) is 0 Å². The van der Waals surface area contributed by atoms with Gasteiger partial charge < -0.3 is 14.8 Å². The number of fused-ring (bicyclic) bond motifs is 1. The summed E-state index contributed by atoms with van der Waals surface area (Å²) >= 11 is 1.28. The van der Waals surface area contributed by atoms with Gasteiger partial charge in [-0.25, -0.2) is 4.79 Å².